The largest absolute Gasteiger partial charge is 0.380 e. The van der Waals surface area contributed by atoms with Gasteiger partial charge in [0.15, 0.2) is 0 Å². The first kappa shape index (κ1) is 9.94. The van der Waals surface area contributed by atoms with Gasteiger partial charge in [-0.25, -0.2) is 0 Å². The zero-order valence-electron chi connectivity index (χ0n) is 9.58. The van der Waals surface area contributed by atoms with Gasteiger partial charge in [0.1, 0.15) is 0 Å². The first-order valence-corrected chi connectivity index (χ1v) is 6.38. The molecule has 3 nitrogen and oxygen atoms in total. The van der Waals surface area contributed by atoms with Crippen molar-refractivity contribution in [3.8, 4) is 0 Å². The lowest BCUT2D eigenvalue weighted by Gasteiger charge is -2.35. The predicted molar refractivity (Wildman–Crippen MR) is 66.7 cm³/mol. The number of nitrogens with one attached hydrogen (secondary N) is 2. The van der Waals surface area contributed by atoms with Crippen LogP contribution >= 0.6 is 0 Å². The summed E-state index contributed by atoms with van der Waals surface area (Å²) in [5.41, 5.74) is 2.37. The number of aromatic nitrogens is 1. The van der Waals surface area contributed by atoms with E-state index in [1.54, 1.807) is 0 Å². The number of pyridine rings is 1. The summed E-state index contributed by atoms with van der Waals surface area (Å²) in [6.45, 7) is 1.04. The Bertz CT molecular complexity index is 358. The SMILES string of the molecule is c1cc2c(cn1)NCC(C1CCCCC1)N2. The molecule has 0 bridgehead atoms. The standard InChI is InChI=1S/C13H19N3/c1-2-4-10(5-3-1)12-9-15-13-8-14-7-6-11(13)16-12/h6-8,10,12,15-16H,1-5,9H2. The van der Waals surface area contributed by atoms with Crippen molar-refractivity contribution in [2.24, 2.45) is 5.92 Å². The van der Waals surface area contributed by atoms with Crippen molar-refractivity contribution in [3.63, 3.8) is 0 Å². The molecule has 3 heteroatoms. The fourth-order valence-corrected chi connectivity index (χ4v) is 2.95. The van der Waals surface area contributed by atoms with Crippen LogP contribution in [0.3, 0.4) is 0 Å². The smallest absolute Gasteiger partial charge is 0.0763 e. The Labute approximate surface area is 96.7 Å². The summed E-state index contributed by atoms with van der Waals surface area (Å²) in [6, 6.07) is 2.67. The molecule has 86 valence electrons. The van der Waals surface area contributed by atoms with Crippen molar-refractivity contribution in [1.29, 1.82) is 0 Å². The van der Waals surface area contributed by atoms with E-state index in [9.17, 15) is 0 Å². The summed E-state index contributed by atoms with van der Waals surface area (Å²) < 4.78 is 0. The molecule has 1 aromatic rings. The fourth-order valence-electron chi connectivity index (χ4n) is 2.95. The van der Waals surface area contributed by atoms with E-state index in [0.29, 0.717) is 6.04 Å². The van der Waals surface area contributed by atoms with Gasteiger partial charge in [0, 0.05) is 18.8 Å². The van der Waals surface area contributed by atoms with Gasteiger partial charge in [-0.2, -0.15) is 0 Å². The Hall–Kier alpha value is -1.25. The van der Waals surface area contributed by atoms with Crippen molar-refractivity contribution in [1.82, 2.24) is 4.98 Å². The first-order valence-electron chi connectivity index (χ1n) is 6.38. The van der Waals surface area contributed by atoms with Gasteiger partial charge in [-0.05, 0) is 24.8 Å². The van der Waals surface area contributed by atoms with Gasteiger partial charge in [0.25, 0.3) is 0 Å². The second-order valence-corrected chi connectivity index (χ2v) is 4.95. The molecule has 0 saturated heterocycles. The summed E-state index contributed by atoms with van der Waals surface area (Å²) in [6.07, 6.45) is 10.8. The van der Waals surface area contributed by atoms with E-state index in [0.717, 1.165) is 18.2 Å². The topological polar surface area (TPSA) is 37.0 Å². The Balaban J connectivity index is 1.72. The number of rotatable bonds is 1. The van der Waals surface area contributed by atoms with E-state index < -0.39 is 0 Å². The minimum absolute atomic E-state index is 0.607. The number of hydrogen-bond acceptors (Lipinski definition) is 3. The summed E-state index contributed by atoms with van der Waals surface area (Å²) in [5, 5.41) is 7.15. The molecule has 1 aliphatic heterocycles. The molecule has 1 aliphatic carbocycles. The Morgan fingerprint density at radius 2 is 2.00 bits per heavy atom. The normalized spacial score (nSPS) is 25.4. The maximum atomic E-state index is 4.13. The van der Waals surface area contributed by atoms with Crippen molar-refractivity contribution in [2.75, 3.05) is 17.2 Å². The monoisotopic (exact) mass is 217 g/mol. The fraction of sp³-hybridized carbons (Fsp3) is 0.615. The highest BCUT2D eigenvalue weighted by Crippen LogP contribution is 2.32. The van der Waals surface area contributed by atoms with Crippen LogP contribution in [0, 0.1) is 5.92 Å². The van der Waals surface area contributed by atoms with Gasteiger partial charge in [0.05, 0.1) is 17.6 Å². The first-order chi connectivity index (χ1) is 7.93. The van der Waals surface area contributed by atoms with Crippen LogP contribution in [0.4, 0.5) is 11.4 Å². The minimum Gasteiger partial charge on any atom is -0.380 e. The lowest BCUT2D eigenvalue weighted by Crippen LogP contribution is -2.40. The second kappa shape index (κ2) is 4.32. The molecule has 1 unspecified atom stereocenters. The van der Waals surface area contributed by atoms with Crippen LogP contribution in [-0.4, -0.2) is 17.6 Å². The van der Waals surface area contributed by atoms with Crippen LogP contribution in [-0.2, 0) is 0 Å². The molecule has 16 heavy (non-hydrogen) atoms. The zero-order valence-corrected chi connectivity index (χ0v) is 9.58. The van der Waals surface area contributed by atoms with Gasteiger partial charge in [-0.15, -0.1) is 0 Å². The van der Waals surface area contributed by atoms with Crippen LogP contribution < -0.4 is 10.6 Å². The predicted octanol–water partition coefficient (Wildman–Crippen LogP) is 2.87. The number of anilines is 2. The Kier molecular flexibility index (Phi) is 2.68. The van der Waals surface area contributed by atoms with Gasteiger partial charge < -0.3 is 10.6 Å². The highest BCUT2D eigenvalue weighted by atomic mass is 15.1. The van der Waals surface area contributed by atoms with Crippen LogP contribution in [0.15, 0.2) is 18.5 Å². The average Bonchev–Trinajstić information content (AvgIpc) is 2.39. The molecule has 1 atom stereocenters. The molecular formula is C13H19N3. The molecule has 2 heterocycles. The maximum Gasteiger partial charge on any atom is 0.0763 e. The third-order valence-corrected chi connectivity index (χ3v) is 3.89. The van der Waals surface area contributed by atoms with Crippen LogP contribution in [0.2, 0.25) is 0 Å². The number of nitrogens with zero attached hydrogens (tertiary/aromatic N) is 1. The average molecular weight is 217 g/mol. The molecule has 0 aromatic carbocycles. The molecule has 1 saturated carbocycles. The number of hydrogen-bond donors (Lipinski definition) is 2. The molecular weight excluding hydrogens is 198 g/mol. The van der Waals surface area contributed by atoms with E-state index in [2.05, 4.69) is 21.7 Å². The van der Waals surface area contributed by atoms with E-state index in [4.69, 9.17) is 0 Å². The van der Waals surface area contributed by atoms with E-state index >= 15 is 0 Å². The molecule has 0 amide bonds. The molecule has 2 N–H and O–H groups in total. The van der Waals surface area contributed by atoms with Crippen LogP contribution in [0.1, 0.15) is 32.1 Å². The van der Waals surface area contributed by atoms with Crippen molar-refractivity contribution in [3.05, 3.63) is 18.5 Å². The molecule has 1 fully saturated rings. The highest BCUT2D eigenvalue weighted by Gasteiger charge is 2.26. The third kappa shape index (κ3) is 1.86. The Morgan fingerprint density at radius 1 is 1.12 bits per heavy atom. The summed E-state index contributed by atoms with van der Waals surface area (Å²) in [5.74, 6) is 0.850. The van der Waals surface area contributed by atoms with Crippen molar-refractivity contribution < 1.29 is 0 Å². The molecule has 2 aliphatic rings. The summed E-state index contributed by atoms with van der Waals surface area (Å²) in [4.78, 5) is 4.13. The van der Waals surface area contributed by atoms with Crippen LogP contribution in [0.25, 0.3) is 0 Å². The van der Waals surface area contributed by atoms with E-state index in [1.807, 2.05) is 12.4 Å². The van der Waals surface area contributed by atoms with Crippen molar-refractivity contribution >= 4 is 11.4 Å². The van der Waals surface area contributed by atoms with Crippen LogP contribution in [0.5, 0.6) is 0 Å². The highest BCUT2D eigenvalue weighted by molar-refractivity contribution is 5.69. The minimum atomic E-state index is 0.607. The molecule has 1 aromatic heterocycles. The maximum absolute atomic E-state index is 4.13. The van der Waals surface area contributed by atoms with Gasteiger partial charge in [0.2, 0.25) is 0 Å². The van der Waals surface area contributed by atoms with Gasteiger partial charge in [-0.3, -0.25) is 4.98 Å². The summed E-state index contributed by atoms with van der Waals surface area (Å²) in [7, 11) is 0. The van der Waals surface area contributed by atoms with Gasteiger partial charge in [-0.1, -0.05) is 19.3 Å². The van der Waals surface area contributed by atoms with E-state index in [-0.39, 0.29) is 0 Å². The Morgan fingerprint density at radius 3 is 2.88 bits per heavy atom. The zero-order chi connectivity index (χ0) is 10.8. The number of fused-ring (bicyclic) bond motifs is 1. The van der Waals surface area contributed by atoms with Gasteiger partial charge >= 0.3 is 0 Å². The second-order valence-electron chi connectivity index (χ2n) is 4.95. The quantitative estimate of drug-likeness (QED) is 0.759. The third-order valence-electron chi connectivity index (χ3n) is 3.89. The summed E-state index contributed by atoms with van der Waals surface area (Å²) >= 11 is 0. The molecule has 0 spiro atoms. The van der Waals surface area contributed by atoms with Crippen molar-refractivity contribution in [2.45, 2.75) is 38.1 Å². The molecule has 3 rings (SSSR count). The molecule has 0 radical (unpaired) electrons. The lowest BCUT2D eigenvalue weighted by molar-refractivity contribution is 0.322. The lowest BCUT2D eigenvalue weighted by atomic mass is 9.83. The van der Waals surface area contributed by atoms with E-state index in [1.165, 1.54) is 37.8 Å².